The molecule has 3 nitrogen and oxygen atoms in total. The lowest BCUT2D eigenvalue weighted by molar-refractivity contribution is 0.289. The van der Waals surface area contributed by atoms with E-state index in [-0.39, 0.29) is 0 Å². The summed E-state index contributed by atoms with van der Waals surface area (Å²) in [6, 6.07) is 24.4. The van der Waals surface area contributed by atoms with Gasteiger partial charge < -0.3 is 15.3 Å². The van der Waals surface area contributed by atoms with Crippen LogP contribution in [0.2, 0.25) is 0 Å². The van der Waals surface area contributed by atoms with Gasteiger partial charge in [0.2, 0.25) is 0 Å². The van der Waals surface area contributed by atoms with Crippen molar-refractivity contribution in [3.05, 3.63) is 94.5 Å². The van der Waals surface area contributed by atoms with Crippen LogP contribution in [0.3, 0.4) is 0 Å². The van der Waals surface area contributed by atoms with Crippen molar-refractivity contribution in [2.45, 2.75) is 76.7 Å². The largest absolute Gasteiger partial charge is 0.508 e. The Morgan fingerprint density at radius 3 is 2.44 bits per heavy atom. The molecule has 3 aromatic carbocycles. The summed E-state index contributed by atoms with van der Waals surface area (Å²) in [5.41, 5.74) is 8.23. The van der Waals surface area contributed by atoms with E-state index in [2.05, 4.69) is 71.7 Å². The number of anilines is 1. The summed E-state index contributed by atoms with van der Waals surface area (Å²) in [4.78, 5) is 2.65. The van der Waals surface area contributed by atoms with E-state index < -0.39 is 0 Å². The highest BCUT2D eigenvalue weighted by Gasteiger charge is 2.23. The molecule has 0 aromatic heterocycles. The molecular weight excluding hydrogens is 440 g/mol. The lowest BCUT2D eigenvalue weighted by Crippen LogP contribution is -2.26. The molecule has 2 aliphatic rings. The van der Waals surface area contributed by atoms with Gasteiger partial charge in [0.1, 0.15) is 5.75 Å². The molecule has 0 amide bonds. The topological polar surface area (TPSA) is 35.5 Å². The minimum absolute atomic E-state index is 0.363. The van der Waals surface area contributed by atoms with Crippen molar-refractivity contribution >= 4 is 5.69 Å². The van der Waals surface area contributed by atoms with Crippen LogP contribution in [0.5, 0.6) is 5.75 Å². The molecule has 2 unspecified atom stereocenters. The third-order valence-electron chi connectivity index (χ3n) is 8.20. The van der Waals surface area contributed by atoms with Gasteiger partial charge in [0, 0.05) is 18.3 Å². The molecule has 1 fully saturated rings. The number of hydrogen-bond donors (Lipinski definition) is 2. The quantitative estimate of drug-likeness (QED) is 0.359. The zero-order valence-corrected chi connectivity index (χ0v) is 21.9. The van der Waals surface area contributed by atoms with Crippen LogP contribution in [0.25, 0.3) is 0 Å². The maximum Gasteiger partial charge on any atom is 0.115 e. The van der Waals surface area contributed by atoms with Crippen molar-refractivity contribution < 1.29 is 5.11 Å². The van der Waals surface area contributed by atoms with Crippen molar-refractivity contribution in [3.63, 3.8) is 0 Å². The maximum absolute atomic E-state index is 9.83. The number of benzene rings is 3. The van der Waals surface area contributed by atoms with Crippen molar-refractivity contribution in [1.29, 1.82) is 0 Å². The first kappa shape index (κ1) is 24.9. The van der Waals surface area contributed by atoms with Crippen LogP contribution < -0.4 is 5.32 Å². The van der Waals surface area contributed by atoms with Gasteiger partial charge in [0.15, 0.2) is 0 Å². The summed E-state index contributed by atoms with van der Waals surface area (Å²) < 4.78 is 0. The van der Waals surface area contributed by atoms with Gasteiger partial charge >= 0.3 is 0 Å². The number of phenols is 1. The highest BCUT2D eigenvalue weighted by molar-refractivity contribution is 5.55. The molecule has 3 heteroatoms. The van der Waals surface area contributed by atoms with Gasteiger partial charge in [-0.25, -0.2) is 0 Å². The predicted octanol–water partition coefficient (Wildman–Crippen LogP) is 7.13. The number of nitrogens with zero attached hydrogens (tertiary/aromatic N) is 1. The Labute approximate surface area is 217 Å². The first-order chi connectivity index (χ1) is 17.6. The molecule has 1 aliphatic carbocycles. The highest BCUT2D eigenvalue weighted by Crippen LogP contribution is 2.37. The van der Waals surface area contributed by atoms with Crippen molar-refractivity contribution in [3.8, 4) is 5.75 Å². The van der Waals surface area contributed by atoms with Gasteiger partial charge in [-0.2, -0.15) is 0 Å². The molecule has 2 atom stereocenters. The third kappa shape index (κ3) is 6.50. The minimum Gasteiger partial charge on any atom is -0.508 e. The number of aromatic hydroxyl groups is 1. The Morgan fingerprint density at radius 2 is 1.64 bits per heavy atom. The summed E-state index contributed by atoms with van der Waals surface area (Å²) in [6.07, 6.45) is 10.9. The van der Waals surface area contributed by atoms with E-state index in [9.17, 15) is 5.11 Å². The summed E-state index contributed by atoms with van der Waals surface area (Å²) >= 11 is 0. The predicted molar refractivity (Wildman–Crippen MR) is 151 cm³/mol. The average molecular weight is 483 g/mol. The van der Waals surface area contributed by atoms with Gasteiger partial charge in [-0.3, -0.25) is 0 Å². The van der Waals surface area contributed by atoms with Crippen LogP contribution in [0, 0.1) is 0 Å². The third-order valence-corrected chi connectivity index (χ3v) is 8.20. The fraction of sp³-hybridized carbons (Fsp3) is 0.455. The van der Waals surface area contributed by atoms with Gasteiger partial charge in [0.05, 0.1) is 0 Å². The second-order valence-corrected chi connectivity index (χ2v) is 11.1. The molecule has 190 valence electrons. The molecule has 0 spiro atoms. The summed E-state index contributed by atoms with van der Waals surface area (Å²) in [7, 11) is 0. The maximum atomic E-state index is 9.83. The molecule has 5 rings (SSSR count). The lowest BCUT2D eigenvalue weighted by Gasteiger charge is -2.28. The van der Waals surface area contributed by atoms with Crippen molar-refractivity contribution in [2.75, 3.05) is 25.0 Å². The molecule has 36 heavy (non-hydrogen) atoms. The van der Waals surface area contributed by atoms with Gasteiger partial charge in [-0.05, 0) is 117 Å². The molecule has 2 N–H and O–H groups in total. The fourth-order valence-electron chi connectivity index (χ4n) is 6.15. The molecule has 1 saturated heterocycles. The number of nitrogens with one attached hydrogen (secondary N) is 1. The molecule has 1 heterocycles. The minimum atomic E-state index is 0.363. The van der Waals surface area contributed by atoms with Crippen molar-refractivity contribution in [2.24, 2.45) is 0 Å². The van der Waals surface area contributed by atoms with Crippen LogP contribution in [-0.2, 0) is 25.7 Å². The number of rotatable bonds is 8. The molecular formula is C33H42N2O. The van der Waals surface area contributed by atoms with Crippen LogP contribution in [0.1, 0.15) is 72.8 Å². The van der Waals surface area contributed by atoms with E-state index in [1.165, 1.54) is 78.8 Å². The Bertz CT molecular complexity index is 1110. The van der Waals surface area contributed by atoms with Gasteiger partial charge in [0.25, 0.3) is 0 Å². The second-order valence-electron chi connectivity index (χ2n) is 11.1. The number of fused-ring (bicyclic) bond motifs is 1. The average Bonchev–Trinajstić information content (AvgIpc) is 3.17. The Hall–Kier alpha value is -2.78. The fourth-order valence-corrected chi connectivity index (χ4v) is 6.15. The van der Waals surface area contributed by atoms with Gasteiger partial charge in [-0.1, -0.05) is 61.4 Å². The molecule has 0 bridgehead atoms. The van der Waals surface area contributed by atoms with Gasteiger partial charge in [-0.15, -0.1) is 0 Å². The Balaban J connectivity index is 1.16. The zero-order valence-electron chi connectivity index (χ0n) is 21.9. The van der Waals surface area contributed by atoms with E-state index in [0.717, 1.165) is 32.1 Å². The lowest BCUT2D eigenvalue weighted by atomic mass is 9.79. The highest BCUT2D eigenvalue weighted by atomic mass is 16.3. The number of para-hydroxylation sites is 1. The molecule has 0 radical (unpaired) electrons. The SMILES string of the molecule is CC(Cc1ccc(CCN2CCCCCC2)cc1)Nc1ccccc1C1CCc2cc(O)ccc2C1. The number of phenolic OH excluding ortho intramolecular Hbond substituents is 1. The zero-order chi connectivity index (χ0) is 24.7. The molecule has 0 saturated carbocycles. The molecule has 3 aromatic rings. The first-order valence-corrected chi connectivity index (χ1v) is 14.1. The van der Waals surface area contributed by atoms with E-state index in [4.69, 9.17) is 0 Å². The van der Waals surface area contributed by atoms with E-state index >= 15 is 0 Å². The Morgan fingerprint density at radius 1 is 0.889 bits per heavy atom. The second kappa shape index (κ2) is 12.0. The van der Waals surface area contributed by atoms with E-state index in [1.54, 1.807) is 0 Å². The Kier molecular flexibility index (Phi) is 8.28. The summed E-state index contributed by atoms with van der Waals surface area (Å²) in [5, 5.41) is 13.7. The smallest absolute Gasteiger partial charge is 0.115 e. The normalized spacial score (nSPS) is 19.3. The number of aryl methyl sites for hydroxylation is 1. The first-order valence-electron chi connectivity index (χ1n) is 14.1. The van der Waals surface area contributed by atoms with Crippen LogP contribution in [-0.4, -0.2) is 35.7 Å². The van der Waals surface area contributed by atoms with Crippen LogP contribution >= 0.6 is 0 Å². The summed E-state index contributed by atoms with van der Waals surface area (Å²) in [5.74, 6) is 0.898. The van der Waals surface area contributed by atoms with Crippen molar-refractivity contribution in [1.82, 2.24) is 4.90 Å². The molecule has 1 aliphatic heterocycles. The van der Waals surface area contributed by atoms with Crippen LogP contribution in [0.4, 0.5) is 5.69 Å². The number of likely N-dealkylation sites (tertiary alicyclic amines) is 1. The monoisotopic (exact) mass is 482 g/mol. The number of hydrogen-bond acceptors (Lipinski definition) is 3. The summed E-state index contributed by atoms with van der Waals surface area (Å²) in [6.45, 7) is 6.04. The van der Waals surface area contributed by atoms with E-state index in [1.807, 2.05) is 12.1 Å². The van der Waals surface area contributed by atoms with E-state index in [0.29, 0.717) is 17.7 Å². The van der Waals surface area contributed by atoms with Crippen LogP contribution in [0.15, 0.2) is 66.7 Å². The standard InChI is InChI=1S/C33H42N2O/c1-25(22-27-12-10-26(11-13-27)18-21-35-19-6-2-3-7-20-35)34-33-9-5-4-8-32(33)30-15-14-29-24-31(36)17-16-28(29)23-30/h4-5,8-13,16-17,24-25,30,34,36H,2-3,6-7,14-15,18-23H2,1H3.